The number of para-hydroxylation sites is 1. The summed E-state index contributed by atoms with van der Waals surface area (Å²) < 4.78 is 4.69. The molecule has 2 N–H and O–H groups in total. The molecule has 0 bridgehead atoms. The molecule has 2 aromatic carbocycles. The largest absolute Gasteiger partial charge is 0.466 e. The van der Waals surface area contributed by atoms with Crippen molar-refractivity contribution in [3.05, 3.63) is 83.4 Å². The Morgan fingerprint density at radius 2 is 1.87 bits per heavy atom. The average Bonchev–Trinajstić information content (AvgIpc) is 2.71. The Kier molecular flexibility index (Phi) is 6.40. The molecular weight excluding hydrogens is 376 g/mol. The van der Waals surface area contributed by atoms with Gasteiger partial charge in [0.25, 0.3) is 5.91 Å². The van der Waals surface area contributed by atoms with Crippen molar-refractivity contribution in [3.63, 3.8) is 0 Å². The Morgan fingerprint density at radius 3 is 2.57 bits per heavy atom. The zero-order chi connectivity index (χ0) is 21.7. The number of allylic oxidation sites excluding steroid dienone is 1. The fraction of sp³-hybridized carbons (Fsp3) is 0.280. The number of carbonyl (C=O) groups excluding carboxylic acids is 2. The lowest BCUT2D eigenvalue weighted by atomic mass is 9.89. The summed E-state index contributed by atoms with van der Waals surface area (Å²) in [5.41, 5.74) is 4.38. The molecule has 1 aliphatic rings. The Labute approximate surface area is 177 Å². The number of carbonyl (C=O) groups is 2. The standard InChI is InChI=1S/C25H28N2O3/c1-17-16-25(2,3)27-23-20(17)11-8-12-21(23)24(29)26-19(13-14-22(28)30-4)15-18-9-6-5-7-10-18/h5-14,16,19,27H,15H2,1-4H3,(H,26,29)/b14-13+/t19-/m1/s1. The Morgan fingerprint density at radius 1 is 1.13 bits per heavy atom. The van der Waals surface area contributed by atoms with Crippen LogP contribution in [0.1, 0.15) is 42.3 Å². The molecule has 1 amide bonds. The molecule has 1 heterocycles. The maximum Gasteiger partial charge on any atom is 0.330 e. The third-order valence-electron chi connectivity index (χ3n) is 5.04. The lowest BCUT2D eigenvalue weighted by Gasteiger charge is -2.32. The van der Waals surface area contributed by atoms with Gasteiger partial charge in [0.2, 0.25) is 0 Å². The highest BCUT2D eigenvalue weighted by molar-refractivity contribution is 6.03. The molecule has 5 heteroatoms. The van der Waals surface area contributed by atoms with E-state index in [4.69, 9.17) is 4.74 Å². The normalized spacial score (nSPS) is 15.5. The highest BCUT2D eigenvalue weighted by atomic mass is 16.5. The number of benzene rings is 2. The van der Waals surface area contributed by atoms with Gasteiger partial charge in [-0.2, -0.15) is 0 Å². The smallest absolute Gasteiger partial charge is 0.330 e. The molecule has 0 spiro atoms. The van der Waals surface area contributed by atoms with Crippen LogP contribution >= 0.6 is 0 Å². The molecule has 0 radical (unpaired) electrons. The maximum atomic E-state index is 13.2. The second-order valence-electron chi connectivity index (χ2n) is 8.05. The fourth-order valence-electron chi connectivity index (χ4n) is 3.73. The van der Waals surface area contributed by atoms with Gasteiger partial charge >= 0.3 is 5.97 Å². The van der Waals surface area contributed by atoms with Crippen molar-refractivity contribution < 1.29 is 14.3 Å². The molecule has 1 atom stereocenters. The Bertz CT molecular complexity index is 991. The first-order valence-corrected chi connectivity index (χ1v) is 10.0. The third-order valence-corrected chi connectivity index (χ3v) is 5.04. The monoisotopic (exact) mass is 404 g/mol. The second-order valence-corrected chi connectivity index (χ2v) is 8.05. The summed E-state index contributed by atoms with van der Waals surface area (Å²) in [7, 11) is 1.33. The van der Waals surface area contributed by atoms with E-state index in [9.17, 15) is 9.59 Å². The molecule has 30 heavy (non-hydrogen) atoms. The van der Waals surface area contributed by atoms with Crippen LogP contribution < -0.4 is 10.6 Å². The summed E-state index contributed by atoms with van der Waals surface area (Å²) in [4.78, 5) is 24.8. The minimum atomic E-state index is -0.455. The summed E-state index contributed by atoms with van der Waals surface area (Å²) in [5, 5.41) is 6.53. The Balaban J connectivity index is 1.88. The van der Waals surface area contributed by atoms with Crippen LogP contribution in [0.3, 0.4) is 0 Å². The van der Waals surface area contributed by atoms with Gasteiger partial charge in [-0.25, -0.2) is 4.79 Å². The van der Waals surface area contributed by atoms with Gasteiger partial charge in [-0.3, -0.25) is 4.79 Å². The van der Waals surface area contributed by atoms with E-state index < -0.39 is 5.97 Å². The topological polar surface area (TPSA) is 67.4 Å². The lowest BCUT2D eigenvalue weighted by Crippen LogP contribution is -2.37. The quantitative estimate of drug-likeness (QED) is 0.554. The molecule has 3 rings (SSSR count). The van der Waals surface area contributed by atoms with Gasteiger partial charge in [0.05, 0.1) is 29.9 Å². The summed E-state index contributed by atoms with van der Waals surface area (Å²) in [6.45, 7) is 6.21. The summed E-state index contributed by atoms with van der Waals surface area (Å²) in [6, 6.07) is 15.2. The van der Waals surface area contributed by atoms with Crippen LogP contribution in [0.25, 0.3) is 5.57 Å². The van der Waals surface area contributed by atoms with Crippen molar-refractivity contribution in [3.8, 4) is 0 Å². The van der Waals surface area contributed by atoms with Crippen LogP contribution in [-0.2, 0) is 16.0 Å². The number of fused-ring (bicyclic) bond motifs is 1. The van der Waals surface area contributed by atoms with E-state index in [1.54, 1.807) is 6.08 Å². The van der Waals surface area contributed by atoms with E-state index in [2.05, 4.69) is 37.5 Å². The van der Waals surface area contributed by atoms with Crippen molar-refractivity contribution in [1.82, 2.24) is 5.32 Å². The van der Waals surface area contributed by atoms with E-state index in [0.717, 1.165) is 22.4 Å². The minimum Gasteiger partial charge on any atom is -0.466 e. The summed E-state index contributed by atoms with van der Waals surface area (Å²) in [5.74, 6) is -0.649. The zero-order valence-electron chi connectivity index (χ0n) is 17.9. The zero-order valence-corrected chi connectivity index (χ0v) is 17.9. The molecule has 0 aliphatic carbocycles. The Hall–Kier alpha value is -3.34. The second kappa shape index (κ2) is 8.99. The number of rotatable bonds is 6. The highest BCUT2D eigenvalue weighted by Crippen LogP contribution is 2.35. The van der Waals surface area contributed by atoms with Crippen molar-refractivity contribution >= 4 is 23.1 Å². The molecule has 2 aromatic rings. The summed E-state index contributed by atoms with van der Waals surface area (Å²) in [6.07, 6.45) is 5.75. The first-order chi connectivity index (χ1) is 14.3. The van der Waals surface area contributed by atoms with E-state index in [-0.39, 0.29) is 17.5 Å². The SMILES string of the molecule is COC(=O)/C=C/[C@H](Cc1ccccc1)NC(=O)c1cccc2c1NC(C)(C)C=C2C. The molecule has 0 saturated carbocycles. The molecule has 0 aromatic heterocycles. The highest BCUT2D eigenvalue weighted by Gasteiger charge is 2.26. The third kappa shape index (κ3) is 5.17. The van der Waals surface area contributed by atoms with Crippen molar-refractivity contribution in [2.24, 2.45) is 0 Å². The number of hydrogen-bond acceptors (Lipinski definition) is 4. The van der Waals surface area contributed by atoms with Crippen molar-refractivity contribution in [1.29, 1.82) is 0 Å². The van der Waals surface area contributed by atoms with Gasteiger partial charge in [0.1, 0.15) is 0 Å². The average molecular weight is 405 g/mol. The molecule has 1 aliphatic heterocycles. The van der Waals surface area contributed by atoms with E-state index in [0.29, 0.717) is 12.0 Å². The summed E-state index contributed by atoms with van der Waals surface area (Å²) >= 11 is 0. The lowest BCUT2D eigenvalue weighted by molar-refractivity contribution is -0.134. The predicted molar refractivity (Wildman–Crippen MR) is 120 cm³/mol. The van der Waals surface area contributed by atoms with Crippen LogP contribution in [0.4, 0.5) is 5.69 Å². The van der Waals surface area contributed by atoms with Gasteiger partial charge < -0.3 is 15.4 Å². The predicted octanol–water partition coefficient (Wildman–Crippen LogP) is 4.36. The maximum absolute atomic E-state index is 13.2. The first-order valence-electron chi connectivity index (χ1n) is 10.0. The van der Waals surface area contributed by atoms with Crippen molar-refractivity contribution in [2.75, 3.05) is 12.4 Å². The molecule has 0 unspecified atom stereocenters. The number of anilines is 1. The molecule has 0 fully saturated rings. The van der Waals surface area contributed by atoms with Gasteiger partial charge in [0.15, 0.2) is 0 Å². The van der Waals surface area contributed by atoms with E-state index in [1.165, 1.54) is 13.2 Å². The fourth-order valence-corrected chi connectivity index (χ4v) is 3.73. The number of nitrogens with one attached hydrogen (secondary N) is 2. The van der Waals surface area contributed by atoms with Crippen LogP contribution in [0.2, 0.25) is 0 Å². The number of methoxy groups -OCH3 is 1. The van der Waals surface area contributed by atoms with Crippen LogP contribution in [0.15, 0.2) is 66.8 Å². The molecule has 156 valence electrons. The van der Waals surface area contributed by atoms with E-state index in [1.807, 2.05) is 48.5 Å². The van der Waals surface area contributed by atoms with E-state index >= 15 is 0 Å². The van der Waals surface area contributed by atoms with Gasteiger partial charge in [-0.15, -0.1) is 0 Å². The van der Waals surface area contributed by atoms with Crippen molar-refractivity contribution in [2.45, 2.75) is 38.8 Å². The molecule has 0 saturated heterocycles. The molecule has 5 nitrogen and oxygen atoms in total. The van der Waals surface area contributed by atoms with Gasteiger partial charge in [-0.1, -0.05) is 54.6 Å². The van der Waals surface area contributed by atoms with Crippen LogP contribution in [-0.4, -0.2) is 30.6 Å². The van der Waals surface area contributed by atoms with Crippen LogP contribution in [0, 0.1) is 0 Å². The van der Waals surface area contributed by atoms with Gasteiger partial charge in [0, 0.05) is 11.6 Å². The first kappa shape index (κ1) is 21.4. The number of amides is 1. The van der Waals surface area contributed by atoms with Gasteiger partial charge in [-0.05, 0) is 44.4 Å². The minimum absolute atomic E-state index is 0.194. The molecular formula is C25H28N2O3. The number of ether oxygens (including phenoxy) is 1. The number of hydrogen-bond donors (Lipinski definition) is 2. The van der Waals surface area contributed by atoms with Crippen LogP contribution in [0.5, 0.6) is 0 Å². The number of esters is 1.